The van der Waals surface area contributed by atoms with Crippen molar-refractivity contribution in [1.82, 2.24) is 15.4 Å². The van der Waals surface area contributed by atoms with E-state index in [9.17, 15) is 9.18 Å². The average molecular weight is 222 g/mol. The Labute approximate surface area is 89.2 Å². The van der Waals surface area contributed by atoms with Gasteiger partial charge in [-0.1, -0.05) is 0 Å². The van der Waals surface area contributed by atoms with Crippen molar-refractivity contribution in [2.75, 3.05) is 5.73 Å². The predicted octanol–water partition coefficient (Wildman–Crippen LogP) is 0.745. The highest BCUT2D eigenvalue weighted by atomic mass is 19.1. The monoisotopic (exact) mass is 222 g/mol. The Morgan fingerprint density at radius 3 is 2.56 bits per heavy atom. The predicted molar refractivity (Wildman–Crippen MR) is 52.2 cm³/mol. The van der Waals surface area contributed by atoms with Crippen molar-refractivity contribution < 1.29 is 13.9 Å². The number of ether oxygens (including phenoxy) is 1. The van der Waals surface area contributed by atoms with Gasteiger partial charge in [-0.3, -0.25) is 0 Å². The van der Waals surface area contributed by atoms with E-state index in [1.54, 1.807) is 0 Å². The molecule has 0 aliphatic rings. The molecule has 1 aromatic carbocycles. The number of nitrogens with one attached hydrogen (secondary N) is 1. The molecule has 0 bridgehead atoms. The Bertz CT molecular complexity index is 508. The summed E-state index contributed by atoms with van der Waals surface area (Å²) in [5.41, 5.74) is 5.25. The summed E-state index contributed by atoms with van der Waals surface area (Å²) in [4.78, 5) is 11.5. The smallest absolute Gasteiger partial charge is 0.368 e. The van der Waals surface area contributed by atoms with Gasteiger partial charge in [0.05, 0.1) is 0 Å². The molecule has 0 saturated heterocycles. The van der Waals surface area contributed by atoms with E-state index in [-0.39, 0.29) is 17.3 Å². The molecule has 0 unspecified atom stereocenters. The van der Waals surface area contributed by atoms with E-state index in [1.807, 2.05) is 0 Å². The maximum absolute atomic E-state index is 12.6. The van der Waals surface area contributed by atoms with Crippen LogP contribution in [-0.2, 0) is 0 Å². The number of nitrogens with two attached hydrogens (primary N) is 1. The topological polar surface area (TPSA) is 93.9 Å². The fraction of sp³-hybridized carbons (Fsp3) is 0. The van der Waals surface area contributed by atoms with Crippen LogP contribution < -0.4 is 10.5 Å². The standard InChI is InChI=1S/C9H7FN4O2/c10-5-1-3-6(4-2-5)16-9(15)7-8(11)13-14-12-7/h1-4H,(H3,11,12,13,14). The molecule has 0 aliphatic heterocycles. The van der Waals surface area contributed by atoms with Gasteiger partial charge >= 0.3 is 5.97 Å². The van der Waals surface area contributed by atoms with Gasteiger partial charge in [-0.15, -0.1) is 10.2 Å². The summed E-state index contributed by atoms with van der Waals surface area (Å²) in [5, 5.41) is 9.18. The van der Waals surface area contributed by atoms with Crippen molar-refractivity contribution in [2.45, 2.75) is 0 Å². The van der Waals surface area contributed by atoms with Crippen LogP contribution in [0.5, 0.6) is 5.75 Å². The highest BCUT2D eigenvalue weighted by molar-refractivity contribution is 5.93. The Kier molecular flexibility index (Phi) is 2.50. The lowest BCUT2D eigenvalue weighted by Crippen LogP contribution is -2.11. The normalized spacial score (nSPS) is 10.1. The molecule has 0 fully saturated rings. The van der Waals surface area contributed by atoms with Gasteiger partial charge in [-0.2, -0.15) is 5.21 Å². The number of hydrogen-bond acceptors (Lipinski definition) is 5. The van der Waals surface area contributed by atoms with Gasteiger partial charge in [0.1, 0.15) is 11.6 Å². The van der Waals surface area contributed by atoms with Crippen LogP contribution in [0.15, 0.2) is 24.3 Å². The molecule has 0 saturated carbocycles. The molecule has 0 atom stereocenters. The first-order valence-electron chi connectivity index (χ1n) is 4.31. The summed E-state index contributed by atoms with van der Waals surface area (Å²) in [5.74, 6) is -1.01. The molecule has 0 spiro atoms. The van der Waals surface area contributed by atoms with Crippen LogP contribution in [0.4, 0.5) is 10.2 Å². The molecule has 82 valence electrons. The summed E-state index contributed by atoms with van der Waals surface area (Å²) >= 11 is 0. The molecule has 3 N–H and O–H groups in total. The molecule has 16 heavy (non-hydrogen) atoms. The number of benzene rings is 1. The van der Waals surface area contributed by atoms with E-state index in [4.69, 9.17) is 10.5 Å². The number of carbonyl (C=O) groups is 1. The van der Waals surface area contributed by atoms with E-state index in [1.165, 1.54) is 24.3 Å². The number of aromatic nitrogens is 3. The number of H-pyrrole nitrogens is 1. The largest absolute Gasteiger partial charge is 0.422 e. The number of esters is 1. The van der Waals surface area contributed by atoms with Crippen LogP contribution in [0, 0.1) is 5.82 Å². The van der Waals surface area contributed by atoms with Crippen molar-refractivity contribution in [3.05, 3.63) is 35.8 Å². The quantitative estimate of drug-likeness (QED) is 0.577. The second-order valence-electron chi connectivity index (χ2n) is 2.90. The average Bonchev–Trinajstić information content (AvgIpc) is 2.68. The summed E-state index contributed by atoms with van der Waals surface area (Å²) in [6.07, 6.45) is 0. The first kappa shape index (κ1) is 10.1. The van der Waals surface area contributed by atoms with E-state index in [0.717, 1.165) is 0 Å². The lowest BCUT2D eigenvalue weighted by molar-refractivity contribution is 0.0729. The lowest BCUT2D eigenvalue weighted by atomic mass is 10.3. The number of nitrogens with zero attached hydrogens (tertiary/aromatic N) is 2. The maximum atomic E-state index is 12.6. The maximum Gasteiger partial charge on any atom is 0.368 e. The van der Waals surface area contributed by atoms with Crippen LogP contribution in [-0.4, -0.2) is 21.4 Å². The highest BCUT2D eigenvalue weighted by Gasteiger charge is 2.16. The van der Waals surface area contributed by atoms with E-state index >= 15 is 0 Å². The minimum atomic E-state index is -0.752. The van der Waals surface area contributed by atoms with Gasteiger partial charge in [0.15, 0.2) is 5.82 Å². The minimum absolute atomic E-state index is 0.0490. The third-order valence-corrected chi connectivity index (χ3v) is 1.79. The first-order chi connectivity index (χ1) is 7.66. The number of hydrogen-bond donors (Lipinski definition) is 2. The molecule has 0 amide bonds. The molecule has 7 heteroatoms. The number of anilines is 1. The molecule has 1 aromatic heterocycles. The number of carbonyl (C=O) groups excluding carboxylic acids is 1. The van der Waals surface area contributed by atoms with Crippen molar-refractivity contribution >= 4 is 11.8 Å². The van der Waals surface area contributed by atoms with Gasteiger partial charge in [-0.05, 0) is 24.3 Å². The summed E-state index contributed by atoms with van der Waals surface area (Å²) in [6.45, 7) is 0. The molecule has 0 aliphatic carbocycles. The molecule has 1 heterocycles. The zero-order chi connectivity index (χ0) is 11.5. The van der Waals surface area contributed by atoms with Gasteiger partial charge in [0.2, 0.25) is 5.69 Å². The highest BCUT2D eigenvalue weighted by Crippen LogP contribution is 2.14. The van der Waals surface area contributed by atoms with Crippen LogP contribution in [0.3, 0.4) is 0 Å². The third kappa shape index (κ3) is 1.97. The molecular formula is C9H7FN4O2. The number of rotatable bonds is 2. The summed E-state index contributed by atoms with van der Waals surface area (Å²) in [6, 6.07) is 5.00. The van der Waals surface area contributed by atoms with Crippen molar-refractivity contribution in [3.8, 4) is 5.75 Å². The molecule has 6 nitrogen and oxygen atoms in total. The zero-order valence-electron chi connectivity index (χ0n) is 7.98. The Balaban J connectivity index is 2.14. The summed E-state index contributed by atoms with van der Waals surface area (Å²) in [7, 11) is 0. The number of nitrogen functional groups attached to an aromatic ring is 1. The van der Waals surface area contributed by atoms with Gasteiger partial charge in [0.25, 0.3) is 0 Å². The molecular weight excluding hydrogens is 215 g/mol. The minimum Gasteiger partial charge on any atom is -0.422 e. The van der Waals surface area contributed by atoms with Crippen LogP contribution >= 0.6 is 0 Å². The van der Waals surface area contributed by atoms with Crippen LogP contribution in [0.2, 0.25) is 0 Å². The summed E-state index contributed by atoms with van der Waals surface area (Å²) < 4.78 is 17.5. The van der Waals surface area contributed by atoms with Gasteiger partial charge in [-0.25, -0.2) is 9.18 Å². The van der Waals surface area contributed by atoms with Crippen LogP contribution in [0.1, 0.15) is 10.5 Å². The number of aromatic amines is 1. The van der Waals surface area contributed by atoms with Crippen LogP contribution in [0.25, 0.3) is 0 Å². The van der Waals surface area contributed by atoms with E-state index in [2.05, 4.69) is 15.4 Å². The van der Waals surface area contributed by atoms with Gasteiger partial charge < -0.3 is 10.5 Å². The van der Waals surface area contributed by atoms with E-state index in [0.29, 0.717) is 0 Å². The number of halogens is 1. The van der Waals surface area contributed by atoms with Gasteiger partial charge in [0, 0.05) is 0 Å². The lowest BCUT2D eigenvalue weighted by Gasteiger charge is -2.01. The van der Waals surface area contributed by atoms with Crippen molar-refractivity contribution in [2.24, 2.45) is 0 Å². The van der Waals surface area contributed by atoms with E-state index < -0.39 is 11.8 Å². The SMILES string of the molecule is Nc1n[nH]nc1C(=O)Oc1ccc(F)cc1. The zero-order valence-corrected chi connectivity index (χ0v) is 7.98. The fourth-order valence-corrected chi connectivity index (χ4v) is 1.05. The first-order valence-corrected chi connectivity index (χ1v) is 4.31. The Morgan fingerprint density at radius 1 is 1.31 bits per heavy atom. The van der Waals surface area contributed by atoms with Crippen molar-refractivity contribution in [3.63, 3.8) is 0 Å². The second-order valence-corrected chi connectivity index (χ2v) is 2.90. The molecule has 2 rings (SSSR count). The Morgan fingerprint density at radius 2 is 2.00 bits per heavy atom. The molecule has 2 aromatic rings. The third-order valence-electron chi connectivity index (χ3n) is 1.79. The fourth-order valence-electron chi connectivity index (χ4n) is 1.05. The van der Waals surface area contributed by atoms with Crippen molar-refractivity contribution in [1.29, 1.82) is 0 Å². The second kappa shape index (κ2) is 3.97. The Hall–Kier alpha value is -2.44. The molecule has 0 radical (unpaired) electrons.